The average molecular weight is 456 g/mol. The summed E-state index contributed by atoms with van der Waals surface area (Å²) in [6.45, 7) is 5.86. The van der Waals surface area contributed by atoms with Crippen molar-refractivity contribution < 1.29 is 9.47 Å². The number of hydrogen-bond donors (Lipinski definition) is 0. The first-order chi connectivity index (χ1) is 16.8. The molecule has 3 rings (SSSR count). The van der Waals surface area contributed by atoms with Gasteiger partial charge in [-0.05, 0) is 48.2 Å². The third-order valence-corrected chi connectivity index (χ3v) is 6.01. The van der Waals surface area contributed by atoms with Gasteiger partial charge >= 0.3 is 0 Å². The predicted octanol–water partition coefficient (Wildman–Crippen LogP) is 8.81. The molecule has 0 amide bonds. The van der Waals surface area contributed by atoms with Gasteiger partial charge in [0.2, 0.25) is 0 Å². The third kappa shape index (κ3) is 7.39. The van der Waals surface area contributed by atoms with Crippen molar-refractivity contribution in [1.82, 2.24) is 0 Å². The SMILES string of the molecule is CCCCCCOc1cccc(-c2ccc(-c3ccccc3OCCCCCC)c(C#N)c2)c1. The van der Waals surface area contributed by atoms with E-state index < -0.39 is 0 Å². The minimum atomic E-state index is 0.644. The van der Waals surface area contributed by atoms with Crippen molar-refractivity contribution in [3.63, 3.8) is 0 Å². The molecule has 0 saturated carbocycles. The van der Waals surface area contributed by atoms with Crippen molar-refractivity contribution in [1.29, 1.82) is 5.26 Å². The number of ether oxygens (including phenoxy) is 2. The fourth-order valence-electron chi connectivity index (χ4n) is 4.06. The van der Waals surface area contributed by atoms with Gasteiger partial charge in [-0.1, -0.05) is 94.8 Å². The van der Waals surface area contributed by atoms with E-state index in [4.69, 9.17) is 9.47 Å². The number of para-hydroxylation sites is 1. The molecule has 0 saturated heterocycles. The monoisotopic (exact) mass is 455 g/mol. The van der Waals surface area contributed by atoms with Crippen molar-refractivity contribution in [2.24, 2.45) is 0 Å². The van der Waals surface area contributed by atoms with Crippen molar-refractivity contribution in [2.45, 2.75) is 65.2 Å². The maximum Gasteiger partial charge on any atom is 0.127 e. The van der Waals surface area contributed by atoms with Gasteiger partial charge in [-0.2, -0.15) is 5.26 Å². The highest BCUT2D eigenvalue weighted by atomic mass is 16.5. The largest absolute Gasteiger partial charge is 0.494 e. The molecule has 0 bridgehead atoms. The third-order valence-electron chi connectivity index (χ3n) is 6.01. The van der Waals surface area contributed by atoms with Gasteiger partial charge in [-0.15, -0.1) is 0 Å². The lowest BCUT2D eigenvalue weighted by Crippen LogP contribution is -1.99. The lowest BCUT2D eigenvalue weighted by molar-refractivity contribution is 0.305. The van der Waals surface area contributed by atoms with Crippen molar-refractivity contribution >= 4 is 0 Å². The lowest BCUT2D eigenvalue weighted by atomic mass is 9.95. The second kappa shape index (κ2) is 14.1. The van der Waals surface area contributed by atoms with Gasteiger partial charge in [0, 0.05) is 11.1 Å². The number of benzene rings is 3. The van der Waals surface area contributed by atoms with Crippen LogP contribution in [-0.4, -0.2) is 13.2 Å². The molecular formula is C31H37NO2. The highest BCUT2D eigenvalue weighted by molar-refractivity contribution is 5.79. The number of hydrogen-bond acceptors (Lipinski definition) is 3. The highest BCUT2D eigenvalue weighted by Gasteiger charge is 2.12. The fourth-order valence-corrected chi connectivity index (χ4v) is 4.06. The summed E-state index contributed by atoms with van der Waals surface area (Å²) < 4.78 is 12.1. The van der Waals surface area contributed by atoms with Crippen molar-refractivity contribution in [3.8, 4) is 39.8 Å². The van der Waals surface area contributed by atoms with Crippen LogP contribution in [-0.2, 0) is 0 Å². The van der Waals surface area contributed by atoms with E-state index in [-0.39, 0.29) is 0 Å². The Labute approximate surface area is 205 Å². The molecule has 3 aromatic carbocycles. The summed E-state index contributed by atoms with van der Waals surface area (Å²) >= 11 is 0. The summed E-state index contributed by atoms with van der Waals surface area (Å²) in [7, 11) is 0. The Balaban J connectivity index is 1.76. The van der Waals surface area contributed by atoms with E-state index in [2.05, 4.69) is 38.1 Å². The van der Waals surface area contributed by atoms with Gasteiger partial charge in [0.1, 0.15) is 11.5 Å². The molecule has 0 unspecified atom stereocenters. The molecule has 3 nitrogen and oxygen atoms in total. The summed E-state index contributed by atoms with van der Waals surface area (Å²) in [6, 6.07) is 24.6. The highest BCUT2D eigenvalue weighted by Crippen LogP contribution is 2.35. The first-order valence-electron chi connectivity index (χ1n) is 12.8. The van der Waals surface area contributed by atoms with E-state index in [0.717, 1.165) is 53.2 Å². The first kappa shape index (κ1) is 25.4. The van der Waals surface area contributed by atoms with Gasteiger partial charge in [-0.3, -0.25) is 0 Å². The van der Waals surface area contributed by atoms with Gasteiger partial charge < -0.3 is 9.47 Å². The standard InChI is InChI=1S/C31H37NO2/c1-3-5-7-11-20-33-28-15-13-14-25(23-28)26-18-19-29(27(22-26)24-32)30-16-9-10-17-31(30)34-21-12-8-6-4-2/h9-10,13-19,22-23H,3-8,11-12,20-21H2,1-2H3. The van der Waals surface area contributed by atoms with Crippen LogP contribution >= 0.6 is 0 Å². The molecule has 0 spiro atoms. The molecule has 3 heteroatoms. The van der Waals surface area contributed by atoms with Crippen LogP contribution in [0.3, 0.4) is 0 Å². The second-order valence-electron chi connectivity index (χ2n) is 8.71. The smallest absolute Gasteiger partial charge is 0.127 e. The molecule has 0 aliphatic carbocycles. The topological polar surface area (TPSA) is 42.2 Å². The summed E-state index contributed by atoms with van der Waals surface area (Å²) in [4.78, 5) is 0. The molecule has 0 radical (unpaired) electrons. The zero-order valence-electron chi connectivity index (χ0n) is 20.7. The molecule has 0 atom stereocenters. The average Bonchev–Trinajstić information content (AvgIpc) is 2.88. The molecule has 0 N–H and O–H groups in total. The molecule has 0 aliphatic heterocycles. The maximum atomic E-state index is 9.94. The Hall–Kier alpha value is -3.25. The van der Waals surface area contributed by atoms with E-state index in [1.54, 1.807) is 0 Å². The molecule has 0 fully saturated rings. The minimum Gasteiger partial charge on any atom is -0.494 e. The fraction of sp³-hybridized carbons (Fsp3) is 0.387. The van der Waals surface area contributed by atoms with Crippen LogP contribution < -0.4 is 9.47 Å². The lowest BCUT2D eigenvalue weighted by Gasteiger charge is -2.14. The van der Waals surface area contributed by atoms with Crippen LogP contribution in [0.5, 0.6) is 11.5 Å². The summed E-state index contributed by atoms with van der Waals surface area (Å²) in [5, 5.41) is 9.94. The van der Waals surface area contributed by atoms with Crippen LogP contribution in [0.1, 0.15) is 70.8 Å². The van der Waals surface area contributed by atoms with E-state index in [1.165, 1.54) is 38.5 Å². The van der Waals surface area contributed by atoms with Crippen LogP contribution in [0.15, 0.2) is 66.7 Å². The molecule has 178 valence electrons. The molecule has 3 aromatic rings. The molecule has 0 aromatic heterocycles. The first-order valence-corrected chi connectivity index (χ1v) is 12.8. The Morgan fingerprint density at radius 2 is 1.35 bits per heavy atom. The van der Waals surface area contributed by atoms with Crippen molar-refractivity contribution in [3.05, 3.63) is 72.3 Å². The van der Waals surface area contributed by atoms with E-state index in [0.29, 0.717) is 12.2 Å². The molecule has 0 aliphatic rings. The minimum absolute atomic E-state index is 0.644. The van der Waals surface area contributed by atoms with E-state index >= 15 is 0 Å². The Kier molecular flexibility index (Phi) is 10.5. The Bertz CT molecular complexity index is 1070. The van der Waals surface area contributed by atoms with Gasteiger partial charge in [0.05, 0.1) is 24.8 Å². The van der Waals surface area contributed by atoms with Gasteiger partial charge in [0.15, 0.2) is 0 Å². The van der Waals surface area contributed by atoms with Crippen LogP contribution in [0.25, 0.3) is 22.3 Å². The molecule has 0 heterocycles. The maximum absolute atomic E-state index is 9.94. The molecule has 34 heavy (non-hydrogen) atoms. The van der Waals surface area contributed by atoms with Crippen LogP contribution in [0, 0.1) is 11.3 Å². The van der Waals surface area contributed by atoms with E-state index in [1.807, 2.05) is 48.5 Å². The van der Waals surface area contributed by atoms with E-state index in [9.17, 15) is 5.26 Å². The van der Waals surface area contributed by atoms with Gasteiger partial charge in [0.25, 0.3) is 0 Å². The number of rotatable bonds is 14. The predicted molar refractivity (Wildman–Crippen MR) is 141 cm³/mol. The zero-order chi connectivity index (χ0) is 24.0. The number of nitrogens with zero attached hydrogens (tertiary/aromatic N) is 1. The summed E-state index contributed by atoms with van der Waals surface area (Å²) in [5.41, 5.74) is 4.57. The summed E-state index contributed by atoms with van der Waals surface area (Å²) in [5.74, 6) is 1.71. The Morgan fingerprint density at radius 1 is 0.647 bits per heavy atom. The van der Waals surface area contributed by atoms with Gasteiger partial charge in [-0.25, -0.2) is 0 Å². The molecular weight excluding hydrogens is 418 g/mol. The van der Waals surface area contributed by atoms with Crippen LogP contribution in [0.4, 0.5) is 0 Å². The number of unbranched alkanes of at least 4 members (excludes halogenated alkanes) is 6. The number of nitriles is 1. The zero-order valence-corrected chi connectivity index (χ0v) is 20.7. The quantitative estimate of drug-likeness (QED) is 0.228. The normalized spacial score (nSPS) is 10.6. The summed E-state index contributed by atoms with van der Waals surface area (Å²) in [6.07, 6.45) is 9.42. The van der Waals surface area contributed by atoms with Crippen molar-refractivity contribution in [2.75, 3.05) is 13.2 Å². The van der Waals surface area contributed by atoms with Crippen LogP contribution in [0.2, 0.25) is 0 Å². The Morgan fingerprint density at radius 3 is 2.09 bits per heavy atom. The second-order valence-corrected chi connectivity index (χ2v) is 8.71.